The molecule has 1 heterocycles. The van der Waals surface area contributed by atoms with Gasteiger partial charge in [0.1, 0.15) is 0 Å². The third kappa shape index (κ3) is 4.18. The van der Waals surface area contributed by atoms with Crippen molar-refractivity contribution >= 4 is 34.5 Å². The van der Waals surface area contributed by atoms with E-state index in [0.717, 1.165) is 6.61 Å². The molecule has 0 aromatic heterocycles. The molecule has 1 aliphatic rings. The summed E-state index contributed by atoms with van der Waals surface area (Å²) in [7, 11) is 2.04. The third-order valence-corrected chi connectivity index (χ3v) is 9.21. The van der Waals surface area contributed by atoms with Crippen LogP contribution in [0.2, 0.25) is 0 Å². The van der Waals surface area contributed by atoms with Gasteiger partial charge in [0.05, 0.1) is 0 Å². The summed E-state index contributed by atoms with van der Waals surface area (Å²) < 4.78 is 2.38. The van der Waals surface area contributed by atoms with E-state index in [9.17, 15) is 0 Å². The van der Waals surface area contributed by atoms with E-state index in [1.165, 1.54) is 14.2 Å². The molecule has 1 N–H and O–H groups in total. The molecule has 0 amide bonds. The summed E-state index contributed by atoms with van der Waals surface area (Å²) in [5.41, 5.74) is 0. The van der Waals surface area contributed by atoms with Crippen LogP contribution in [0.3, 0.4) is 0 Å². The Bertz CT molecular complexity index is 114. The van der Waals surface area contributed by atoms with Gasteiger partial charge in [0.2, 0.25) is 0 Å². The maximum atomic E-state index is 7.29. The molecule has 0 aromatic rings. The Balaban J connectivity index is 2.34. The predicted molar refractivity (Wildman–Crippen MR) is 62.5 cm³/mol. The fraction of sp³-hybridized carbons (Fsp3) is 1.00. The third-order valence-electron chi connectivity index (χ3n) is 1.23. The topological polar surface area (TPSA) is 39.5 Å². The molecular formula is C5H12I2N3O-. The zero-order valence-corrected chi connectivity index (χ0v) is 10.7. The number of halogens is 2. The molecular weight excluding hydrogens is 372 g/mol. The Hall–Kier alpha value is 1.30. The van der Waals surface area contributed by atoms with Crippen molar-refractivity contribution in [1.82, 2.24) is 10.1 Å². The minimum atomic E-state index is -0.751. The minimum absolute atomic E-state index is 0.608. The average Bonchev–Trinajstić information content (AvgIpc) is 1.83. The molecule has 0 unspecified atom stereocenters. The molecule has 1 aliphatic heterocycles. The maximum absolute atomic E-state index is 7.29. The van der Waals surface area contributed by atoms with Gasteiger partial charge in [0, 0.05) is 0 Å². The van der Waals surface area contributed by atoms with Crippen molar-refractivity contribution in [3.63, 3.8) is 0 Å². The van der Waals surface area contributed by atoms with Crippen LogP contribution in [0.1, 0.15) is 0 Å². The van der Waals surface area contributed by atoms with Gasteiger partial charge in [0.25, 0.3) is 0 Å². The van der Waals surface area contributed by atoms with Crippen LogP contribution >= 0.6 is 34.5 Å². The van der Waals surface area contributed by atoms with E-state index in [1.807, 2.05) is 7.05 Å². The Labute approximate surface area is 83.9 Å². The zero-order chi connectivity index (χ0) is 8.27. The fourth-order valence-corrected chi connectivity index (χ4v) is 7.37. The zero-order valence-electron chi connectivity index (χ0n) is 6.39. The van der Waals surface area contributed by atoms with Gasteiger partial charge in [-0.05, 0) is 0 Å². The van der Waals surface area contributed by atoms with E-state index in [4.69, 9.17) is 10.7 Å². The Morgan fingerprint density at radius 1 is 1.64 bits per heavy atom. The van der Waals surface area contributed by atoms with Gasteiger partial charge < -0.3 is 0 Å². The van der Waals surface area contributed by atoms with Crippen LogP contribution in [-0.2, 0) is 4.84 Å². The molecule has 1 saturated heterocycles. The van der Waals surface area contributed by atoms with E-state index >= 15 is 0 Å². The second-order valence-corrected chi connectivity index (χ2v) is 14.1. The summed E-state index contributed by atoms with van der Waals surface area (Å²) in [4.78, 5) is 7.27. The molecule has 11 heavy (non-hydrogen) atoms. The Morgan fingerprint density at radius 3 is 3.09 bits per heavy atom. The second-order valence-electron chi connectivity index (χ2n) is 2.41. The standard InChI is InChI=1S/C5H12I2N3O/c1-9-4-7(6)2-3-11-10(8)5-9/h8H,2-5H2,1H3/q-1. The van der Waals surface area contributed by atoms with E-state index in [0.29, 0.717) is 6.67 Å². The first-order chi connectivity index (χ1) is 5.18. The Morgan fingerprint density at radius 2 is 2.36 bits per heavy atom. The quantitative estimate of drug-likeness (QED) is 0.364. The number of alkyl halides is 2. The van der Waals surface area contributed by atoms with E-state index in [-0.39, 0.29) is 0 Å². The van der Waals surface area contributed by atoms with Gasteiger partial charge in [-0.1, -0.05) is 0 Å². The van der Waals surface area contributed by atoms with Crippen molar-refractivity contribution in [3.05, 3.63) is 5.84 Å². The summed E-state index contributed by atoms with van der Waals surface area (Å²) in [6, 6.07) is 0. The van der Waals surface area contributed by atoms with Crippen molar-refractivity contribution in [2.24, 2.45) is 0 Å². The molecule has 0 saturated carbocycles. The molecule has 6 heteroatoms. The van der Waals surface area contributed by atoms with Crippen LogP contribution in [0.5, 0.6) is 0 Å². The molecule has 68 valence electrons. The van der Waals surface area contributed by atoms with Crippen molar-refractivity contribution in [1.29, 1.82) is 0 Å². The van der Waals surface area contributed by atoms with Crippen molar-refractivity contribution < 1.29 is 4.84 Å². The summed E-state index contributed by atoms with van der Waals surface area (Å²) >= 11 is 1.83. The molecule has 0 atom stereocenters. The van der Waals surface area contributed by atoms with E-state index < -0.39 is 15.8 Å². The first kappa shape index (κ1) is 10.4. The summed E-state index contributed by atoms with van der Waals surface area (Å²) in [5, 5.41) is 1.17. The SMILES string of the molecule is CN1CN([NH-])OCCI(I)C1. The molecule has 0 aromatic carbocycles. The Kier molecular flexibility index (Phi) is 4.83. The second kappa shape index (κ2) is 5.12. The van der Waals surface area contributed by atoms with Gasteiger partial charge in [-0.2, -0.15) is 0 Å². The predicted octanol–water partition coefficient (Wildman–Crippen LogP) is 1.90. The summed E-state index contributed by atoms with van der Waals surface area (Å²) in [6.07, 6.45) is 0. The van der Waals surface area contributed by atoms with Crippen LogP contribution < -0.4 is 0 Å². The van der Waals surface area contributed by atoms with Crippen molar-refractivity contribution in [3.8, 4) is 0 Å². The summed E-state index contributed by atoms with van der Waals surface area (Å²) in [5.74, 6) is 7.29. The van der Waals surface area contributed by atoms with Crippen LogP contribution in [0.15, 0.2) is 0 Å². The van der Waals surface area contributed by atoms with Crippen LogP contribution in [-0.4, -0.2) is 39.4 Å². The van der Waals surface area contributed by atoms with Crippen molar-refractivity contribution in [2.75, 3.05) is 29.3 Å². The monoisotopic (exact) mass is 384 g/mol. The molecule has 0 bridgehead atoms. The number of nitrogens with one attached hydrogen (secondary N) is 1. The van der Waals surface area contributed by atoms with Gasteiger partial charge in [-0.15, -0.1) is 0 Å². The van der Waals surface area contributed by atoms with Gasteiger partial charge in [-0.3, -0.25) is 0 Å². The number of hydrogen-bond donors (Lipinski definition) is 0. The first-order valence-corrected chi connectivity index (χ1v) is 12.6. The first-order valence-electron chi connectivity index (χ1n) is 3.27. The molecule has 0 radical (unpaired) electrons. The van der Waals surface area contributed by atoms with Crippen LogP contribution in [0.25, 0.3) is 5.84 Å². The molecule has 0 spiro atoms. The number of nitrogens with zero attached hydrogens (tertiary/aromatic N) is 2. The molecule has 1 fully saturated rings. The molecule has 4 nitrogen and oxygen atoms in total. The van der Waals surface area contributed by atoms with E-state index in [1.54, 1.807) is 0 Å². The number of hydroxylamine groups is 1. The van der Waals surface area contributed by atoms with Crippen molar-refractivity contribution in [2.45, 2.75) is 0 Å². The molecule has 0 aliphatic carbocycles. The van der Waals surface area contributed by atoms with Crippen LogP contribution in [0.4, 0.5) is 0 Å². The normalized spacial score (nSPS) is 28.1. The van der Waals surface area contributed by atoms with Gasteiger partial charge in [-0.25, -0.2) is 0 Å². The number of hydrogen-bond acceptors (Lipinski definition) is 3. The van der Waals surface area contributed by atoms with Crippen LogP contribution in [0, 0.1) is 0 Å². The molecule has 1 rings (SSSR count). The van der Waals surface area contributed by atoms with Gasteiger partial charge >= 0.3 is 84.5 Å². The fourth-order valence-electron chi connectivity index (χ4n) is 0.807. The average molecular weight is 384 g/mol. The van der Waals surface area contributed by atoms with E-state index in [2.05, 4.69) is 23.5 Å². The number of rotatable bonds is 0. The van der Waals surface area contributed by atoms with Gasteiger partial charge in [0.15, 0.2) is 0 Å². The summed E-state index contributed by atoms with van der Waals surface area (Å²) in [6.45, 7) is 1.35.